The summed E-state index contributed by atoms with van der Waals surface area (Å²) in [6.45, 7) is 4.28. The molecule has 0 fully saturated rings. The molecule has 3 aromatic rings. The van der Waals surface area contributed by atoms with Crippen molar-refractivity contribution in [2.45, 2.75) is 30.8 Å². The number of carbonyl (C=O) groups is 1. The van der Waals surface area contributed by atoms with E-state index in [9.17, 15) is 14.4 Å². The highest BCUT2D eigenvalue weighted by Gasteiger charge is 2.27. The van der Waals surface area contributed by atoms with Crippen LogP contribution in [0.4, 0.5) is 5.82 Å². The fraction of sp³-hybridized carbons (Fsp3) is 0.353. The predicted octanol–water partition coefficient (Wildman–Crippen LogP) is 1.37. The van der Waals surface area contributed by atoms with Gasteiger partial charge in [0.2, 0.25) is 0 Å². The van der Waals surface area contributed by atoms with E-state index in [4.69, 9.17) is 5.73 Å². The van der Waals surface area contributed by atoms with Crippen molar-refractivity contribution in [1.82, 2.24) is 23.9 Å². The van der Waals surface area contributed by atoms with Gasteiger partial charge in [-0.2, -0.15) is 0 Å². The van der Waals surface area contributed by atoms with E-state index in [2.05, 4.69) is 10.2 Å². The lowest BCUT2D eigenvalue weighted by atomic mass is 10.1. The Kier molecular flexibility index (Phi) is 5.57. The van der Waals surface area contributed by atoms with E-state index in [1.54, 1.807) is 18.3 Å². The lowest BCUT2D eigenvalue weighted by Gasteiger charge is -2.14. The first-order valence-corrected chi connectivity index (χ1v) is 10.3. The van der Waals surface area contributed by atoms with Crippen LogP contribution in [0.15, 0.2) is 32.3 Å². The molecule has 0 saturated heterocycles. The summed E-state index contributed by atoms with van der Waals surface area (Å²) in [5.74, 6) is 0.140. The van der Waals surface area contributed by atoms with Crippen molar-refractivity contribution >= 4 is 34.7 Å². The number of hydrogen-bond acceptors (Lipinski definition) is 8. The second-order valence-corrected chi connectivity index (χ2v) is 8.37. The maximum Gasteiger partial charge on any atom is 0.332 e. The Labute approximate surface area is 168 Å². The van der Waals surface area contributed by atoms with Gasteiger partial charge in [-0.3, -0.25) is 18.7 Å². The zero-order valence-corrected chi connectivity index (χ0v) is 17.5. The summed E-state index contributed by atoms with van der Waals surface area (Å²) in [4.78, 5) is 38.3. The molecule has 1 unspecified atom stereocenters. The Morgan fingerprint density at radius 2 is 2.00 bits per heavy atom. The molecule has 0 amide bonds. The molecule has 2 N–H and O–H groups in total. The van der Waals surface area contributed by atoms with E-state index >= 15 is 0 Å². The monoisotopic (exact) mass is 420 g/mol. The fourth-order valence-electron chi connectivity index (χ4n) is 2.76. The molecule has 1 atom stereocenters. The van der Waals surface area contributed by atoms with Gasteiger partial charge in [-0.1, -0.05) is 17.8 Å². The summed E-state index contributed by atoms with van der Waals surface area (Å²) >= 11 is 2.76. The van der Waals surface area contributed by atoms with Crippen molar-refractivity contribution in [2.75, 3.05) is 5.73 Å². The van der Waals surface area contributed by atoms with Gasteiger partial charge in [-0.15, -0.1) is 21.5 Å². The minimum Gasteiger partial charge on any atom is -0.384 e. The number of Topliss-reactive ketones (excluding diaryl/α,β-unsaturated/α-hetero) is 1. The number of thiophene rings is 1. The molecule has 9 nitrogen and oxygen atoms in total. The molecule has 0 radical (unpaired) electrons. The topological polar surface area (TPSA) is 118 Å². The minimum absolute atomic E-state index is 0.137. The summed E-state index contributed by atoms with van der Waals surface area (Å²) < 4.78 is 3.89. The highest BCUT2D eigenvalue weighted by atomic mass is 32.2. The number of nitrogens with zero attached hydrogens (tertiary/aromatic N) is 5. The first-order valence-electron chi connectivity index (χ1n) is 8.51. The van der Waals surface area contributed by atoms with Crippen LogP contribution in [-0.4, -0.2) is 34.9 Å². The summed E-state index contributed by atoms with van der Waals surface area (Å²) in [5.41, 5.74) is 4.43. The van der Waals surface area contributed by atoms with Crippen molar-refractivity contribution in [3.63, 3.8) is 0 Å². The molecule has 0 aromatic carbocycles. The summed E-state index contributed by atoms with van der Waals surface area (Å²) in [6.07, 6.45) is 0. The average molecular weight is 421 g/mol. The van der Waals surface area contributed by atoms with Gasteiger partial charge < -0.3 is 10.3 Å². The lowest BCUT2D eigenvalue weighted by molar-refractivity contribution is 0.0992. The van der Waals surface area contributed by atoms with Gasteiger partial charge >= 0.3 is 5.69 Å². The van der Waals surface area contributed by atoms with Gasteiger partial charge in [0.15, 0.2) is 16.8 Å². The second kappa shape index (κ2) is 7.76. The van der Waals surface area contributed by atoms with Crippen LogP contribution < -0.4 is 17.0 Å². The zero-order valence-electron chi connectivity index (χ0n) is 15.9. The number of aromatic nitrogens is 5. The summed E-state index contributed by atoms with van der Waals surface area (Å²) in [7, 11) is 2.74. The van der Waals surface area contributed by atoms with Crippen molar-refractivity contribution in [2.24, 2.45) is 14.1 Å². The molecular formula is C17H20N6O3S2. The quantitative estimate of drug-likeness (QED) is 0.473. The van der Waals surface area contributed by atoms with E-state index in [0.717, 1.165) is 19.8 Å². The number of hydrogen-bond donors (Lipinski definition) is 1. The Bertz CT molecular complexity index is 1140. The Morgan fingerprint density at radius 3 is 2.61 bits per heavy atom. The summed E-state index contributed by atoms with van der Waals surface area (Å²) in [6, 6.07) is 3.89. The van der Waals surface area contributed by atoms with Crippen LogP contribution in [0.2, 0.25) is 0 Å². The number of nitrogen functional groups attached to an aromatic ring is 1. The molecule has 0 aliphatic rings. The molecule has 3 aromatic heterocycles. The van der Waals surface area contributed by atoms with E-state index in [0.29, 0.717) is 11.7 Å². The minimum atomic E-state index is -0.700. The number of nitrogens with two attached hydrogens (primary N) is 1. The SMILES string of the molecule is CCn1c(SC(C)C(=O)c2c(N)n(C)c(=O)n(C)c2=O)nnc1-c1cccs1. The highest BCUT2D eigenvalue weighted by Crippen LogP contribution is 2.30. The maximum absolute atomic E-state index is 13.0. The summed E-state index contributed by atoms with van der Waals surface area (Å²) in [5, 5.41) is 10.4. The third-order valence-corrected chi connectivity index (χ3v) is 6.33. The molecule has 148 valence electrons. The van der Waals surface area contributed by atoms with Crippen molar-refractivity contribution in [1.29, 1.82) is 0 Å². The van der Waals surface area contributed by atoms with Gasteiger partial charge in [0.05, 0.1) is 10.1 Å². The molecule has 0 saturated carbocycles. The third kappa shape index (κ3) is 3.31. The van der Waals surface area contributed by atoms with Crippen molar-refractivity contribution in [3.05, 3.63) is 43.9 Å². The van der Waals surface area contributed by atoms with E-state index in [1.165, 1.54) is 25.9 Å². The van der Waals surface area contributed by atoms with Gasteiger partial charge in [-0.25, -0.2) is 4.79 Å². The van der Waals surface area contributed by atoms with Crippen molar-refractivity contribution in [3.8, 4) is 10.7 Å². The maximum atomic E-state index is 13.0. The first-order chi connectivity index (χ1) is 13.3. The molecule has 0 aliphatic carbocycles. The fourth-order valence-corrected chi connectivity index (χ4v) is 4.44. The number of anilines is 1. The molecule has 28 heavy (non-hydrogen) atoms. The Hall–Kier alpha value is -2.66. The van der Waals surface area contributed by atoms with E-state index in [1.807, 2.05) is 29.0 Å². The van der Waals surface area contributed by atoms with Crippen LogP contribution >= 0.6 is 23.1 Å². The van der Waals surface area contributed by atoms with E-state index < -0.39 is 22.3 Å². The van der Waals surface area contributed by atoms with Crippen LogP contribution in [0.25, 0.3) is 10.7 Å². The molecule has 0 aliphatic heterocycles. The number of rotatable bonds is 6. The van der Waals surface area contributed by atoms with Crippen LogP contribution in [0.1, 0.15) is 24.2 Å². The Morgan fingerprint density at radius 1 is 1.29 bits per heavy atom. The number of carbonyl (C=O) groups excluding carboxylic acids is 1. The third-order valence-electron chi connectivity index (χ3n) is 4.38. The molecule has 0 spiro atoms. The lowest BCUT2D eigenvalue weighted by Crippen LogP contribution is -2.42. The average Bonchev–Trinajstić information content (AvgIpc) is 3.34. The van der Waals surface area contributed by atoms with Crippen LogP contribution in [0, 0.1) is 0 Å². The first kappa shape index (κ1) is 20.1. The number of ketones is 1. The number of thioether (sulfide) groups is 1. The van der Waals surface area contributed by atoms with Crippen LogP contribution in [0.3, 0.4) is 0 Å². The molecule has 3 rings (SSSR count). The van der Waals surface area contributed by atoms with Crippen LogP contribution in [-0.2, 0) is 20.6 Å². The Balaban J connectivity index is 1.95. The van der Waals surface area contributed by atoms with Gasteiger partial charge in [0.1, 0.15) is 11.4 Å². The normalized spacial score (nSPS) is 12.3. The van der Waals surface area contributed by atoms with Gasteiger partial charge in [0.25, 0.3) is 5.56 Å². The smallest absolute Gasteiger partial charge is 0.332 e. The molecule has 3 heterocycles. The standard InChI is InChI=1S/C17H20N6O3S2/c1-5-23-14(10-7-6-8-27-10)19-20-16(23)28-9(2)12(24)11-13(18)21(3)17(26)22(4)15(11)25/h6-9H,5,18H2,1-4H3. The van der Waals surface area contributed by atoms with Gasteiger partial charge in [-0.05, 0) is 25.3 Å². The van der Waals surface area contributed by atoms with Crippen molar-refractivity contribution < 1.29 is 4.79 Å². The zero-order chi connectivity index (χ0) is 20.6. The largest absolute Gasteiger partial charge is 0.384 e. The molecule has 11 heteroatoms. The molecular weight excluding hydrogens is 400 g/mol. The highest BCUT2D eigenvalue weighted by molar-refractivity contribution is 8.00. The molecule has 0 bridgehead atoms. The van der Waals surface area contributed by atoms with Gasteiger partial charge in [0, 0.05) is 20.6 Å². The van der Waals surface area contributed by atoms with E-state index in [-0.39, 0.29) is 11.4 Å². The predicted molar refractivity (Wildman–Crippen MR) is 110 cm³/mol. The second-order valence-electron chi connectivity index (χ2n) is 6.12. The van der Waals surface area contributed by atoms with Crippen LogP contribution in [0.5, 0.6) is 0 Å².